The molecule has 2 rings (SSSR count). The minimum atomic E-state index is -0.0380. The van der Waals surface area contributed by atoms with Gasteiger partial charge in [0.2, 0.25) is 0 Å². The summed E-state index contributed by atoms with van der Waals surface area (Å²) in [6, 6.07) is 6.14. The van der Waals surface area contributed by atoms with Gasteiger partial charge in [0.25, 0.3) is 0 Å². The number of nitrogens with two attached hydrogens (primary N) is 1. The number of hydrogen-bond acceptors (Lipinski definition) is 4. The summed E-state index contributed by atoms with van der Waals surface area (Å²) in [6.45, 7) is 4.94. The van der Waals surface area contributed by atoms with Crippen LogP contribution < -0.4 is 15.4 Å². The lowest BCUT2D eigenvalue weighted by Gasteiger charge is -2.36. The van der Waals surface area contributed by atoms with E-state index in [9.17, 15) is 0 Å². The van der Waals surface area contributed by atoms with Gasteiger partial charge in [-0.1, -0.05) is 6.07 Å². The highest BCUT2D eigenvalue weighted by molar-refractivity contribution is 5.61. The average Bonchev–Trinajstić information content (AvgIpc) is 2.47. The van der Waals surface area contributed by atoms with E-state index in [4.69, 9.17) is 15.2 Å². The summed E-state index contributed by atoms with van der Waals surface area (Å²) in [4.78, 5) is 2.42. The largest absolute Gasteiger partial charge is 0.496 e. The molecule has 0 saturated carbocycles. The van der Waals surface area contributed by atoms with E-state index >= 15 is 0 Å². The van der Waals surface area contributed by atoms with Crippen molar-refractivity contribution in [3.63, 3.8) is 0 Å². The lowest BCUT2D eigenvalue weighted by atomic mass is 9.96. The van der Waals surface area contributed by atoms with Gasteiger partial charge in [0.05, 0.1) is 13.7 Å². The van der Waals surface area contributed by atoms with Crippen LogP contribution in [0.3, 0.4) is 0 Å². The van der Waals surface area contributed by atoms with Gasteiger partial charge < -0.3 is 20.1 Å². The third-order valence-electron chi connectivity index (χ3n) is 3.98. The van der Waals surface area contributed by atoms with Crippen LogP contribution in [0.2, 0.25) is 0 Å². The predicted octanol–water partition coefficient (Wildman–Crippen LogP) is 2.58. The Hall–Kier alpha value is -1.26. The molecule has 0 amide bonds. The molecular weight excluding hydrogens is 252 g/mol. The fourth-order valence-corrected chi connectivity index (χ4v) is 3.10. The summed E-state index contributed by atoms with van der Waals surface area (Å²) < 4.78 is 10.8. The van der Waals surface area contributed by atoms with E-state index < -0.39 is 0 Å². The zero-order valence-corrected chi connectivity index (χ0v) is 12.8. The van der Waals surface area contributed by atoms with Crippen molar-refractivity contribution in [1.82, 2.24) is 0 Å². The number of piperidine rings is 1. The molecule has 0 spiro atoms. The van der Waals surface area contributed by atoms with Crippen LogP contribution in [0.4, 0.5) is 5.69 Å². The highest BCUT2D eigenvalue weighted by atomic mass is 16.5. The first-order valence-corrected chi connectivity index (χ1v) is 7.33. The molecule has 1 saturated heterocycles. The first-order chi connectivity index (χ1) is 9.67. The second kappa shape index (κ2) is 6.95. The Kier molecular flexibility index (Phi) is 5.26. The van der Waals surface area contributed by atoms with Crippen molar-refractivity contribution >= 4 is 5.69 Å². The lowest BCUT2D eigenvalue weighted by molar-refractivity contribution is 0.143. The maximum Gasteiger partial charge on any atom is 0.125 e. The van der Waals surface area contributed by atoms with E-state index in [2.05, 4.69) is 11.0 Å². The Labute approximate surface area is 121 Å². The molecule has 4 heteroatoms. The first kappa shape index (κ1) is 15.1. The molecule has 0 bridgehead atoms. The number of anilines is 1. The third kappa shape index (κ3) is 3.25. The van der Waals surface area contributed by atoms with Gasteiger partial charge in [-0.25, -0.2) is 0 Å². The van der Waals surface area contributed by atoms with Gasteiger partial charge in [-0.15, -0.1) is 0 Å². The molecule has 1 unspecified atom stereocenters. The minimum absolute atomic E-state index is 0.0380. The molecule has 4 nitrogen and oxygen atoms in total. The summed E-state index contributed by atoms with van der Waals surface area (Å²) in [5.41, 5.74) is 8.47. The summed E-state index contributed by atoms with van der Waals surface area (Å²) in [6.07, 6.45) is 2.44. The van der Waals surface area contributed by atoms with Crippen LogP contribution in [-0.2, 0) is 4.74 Å². The summed E-state index contributed by atoms with van der Waals surface area (Å²) >= 11 is 0. The van der Waals surface area contributed by atoms with Gasteiger partial charge in [0.15, 0.2) is 0 Å². The zero-order chi connectivity index (χ0) is 14.5. The fourth-order valence-electron chi connectivity index (χ4n) is 3.10. The number of benzene rings is 1. The highest BCUT2D eigenvalue weighted by Gasteiger charge is 2.24. The standard InChI is InChI=1S/C16H26N2O2/c1-12(17)16-14(7-4-8-15(16)20-3)18-9-5-6-13(10-18)11-19-2/h4,7-8,12-13H,5-6,9-11,17H2,1-3H3/t12-,13?/m0/s1. The van der Waals surface area contributed by atoms with E-state index in [1.165, 1.54) is 18.5 Å². The first-order valence-electron chi connectivity index (χ1n) is 7.33. The molecule has 2 atom stereocenters. The van der Waals surface area contributed by atoms with Gasteiger partial charge in [-0.05, 0) is 37.8 Å². The highest BCUT2D eigenvalue weighted by Crippen LogP contribution is 2.35. The SMILES string of the molecule is COCC1CCCN(c2cccc(OC)c2[C@H](C)N)C1. The van der Waals surface area contributed by atoms with Crippen LogP contribution in [0.25, 0.3) is 0 Å². The van der Waals surface area contributed by atoms with Gasteiger partial charge in [-0.2, -0.15) is 0 Å². The second-order valence-electron chi connectivity index (χ2n) is 5.59. The smallest absolute Gasteiger partial charge is 0.125 e. The molecular formula is C16H26N2O2. The second-order valence-corrected chi connectivity index (χ2v) is 5.59. The quantitative estimate of drug-likeness (QED) is 0.899. The average molecular weight is 278 g/mol. The third-order valence-corrected chi connectivity index (χ3v) is 3.98. The Morgan fingerprint density at radius 3 is 2.85 bits per heavy atom. The summed E-state index contributed by atoms with van der Waals surface area (Å²) in [7, 11) is 3.48. The van der Waals surface area contributed by atoms with Crippen LogP contribution in [0, 0.1) is 5.92 Å². The van der Waals surface area contributed by atoms with Crippen LogP contribution in [0.15, 0.2) is 18.2 Å². The normalized spacial score (nSPS) is 20.8. The van der Waals surface area contributed by atoms with Crippen LogP contribution in [0.1, 0.15) is 31.4 Å². The molecule has 1 heterocycles. The monoisotopic (exact) mass is 278 g/mol. The van der Waals surface area contributed by atoms with Crippen LogP contribution >= 0.6 is 0 Å². The van der Waals surface area contributed by atoms with Crippen LogP contribution in [-0.4, -0.2) is 33.9 Å². The van der Waals surface area contributed by atoms with Crippen molar-refractivity contribution in [2.75, 3.05) is 38.8 Å². The molecule has 1 aliphatic rings. The Bertz CT molecular complexity index is 432. The maximum atomic E-state index is 6.16. The fraction of sp³-hybridized carbons (Fsp3) is 0.625. The molecule has 112 valence electrons. The van der Waals surface area contributed by atoms with E-state index in [0.29, 0.717) is 5.92 Å². The molecule has 1 aromatic carbocycles. The predicted molar refractivity (Wildman–Crippen MR) is 82.4 cm³/mol. The molecule has 0 aliphatic carbocycles. The van der Waals surface area contributed by atoms with Gasteiger partial charge in [-0.3, -0.25) is 0 Å². The van der Waals surface area contributed by atoms with E-state index in [0.717, 1.165) is 31.0 Å². The lowest BCUT2D eigenvalue weighted by Crippen LogP contribution is -2.38. The van der Waals surface area contributed by atoms with Crippen molar-refractivity contribution in [2.45, 2.75) is 25.8 Å². The summed E-state index contributed by atoms with van der Waals surface area (Å²) in [5, 5.41) is 0. The van der Waals surface area contributed by atoms with Crippen molar-refractivity contribution in [3.8, 4) is 5.75 Å². The number of ether oxygens (including phenoxy) is 2. The molecule has 1 fully saturated rings. The number of hydrogen-bond donors (Lipinski definition) is 1. The molecule has 20 heavy (non-hydrogen) atoms. The zero-order valence-electron chi connectivity index (χ0n) is 12.8. The van der Waals surface area contributed by atoms with E-state index in [1.807, 2.05) is 19.1 Å². The minimum Gasteiger partial charge on any atom is -0.496 e. The van der Waals surface area contributed by atoms with Gasteiger partial charge >= 0.3 is 0 Å². The van der Waals surface area contributed by atoms with Gasteiger partial charge in [0, 0.05) is 37.5 Å². The molecule has 1 aromatic rings. The van der Waals surface area contributed by atoms with E-state index in [-0.39, 0.29) is 6.04 Å². The van der Waals surface area contributed by atoms with Gasteiger partial charge in [0.1, 0.15) is 5.75 Å². The molecule has 1 aliphatic heterocycles. The van der Waals surface area contributed by atoms with Crippen molar-refractivity contribution in [3.05, 3.63) is 23.8 Å². The maximum absolute atomic E-state index is 6.16. The summed E-state index contributed by atoms with van der Waals surface area (Å²) in [5.74, 6) is 1.48. The van der Waals surface area contributed by atoms with E-state index in [1.54, 1.807) is 14.2 Å². The topological polar surface area (TPSA) is 47.7 Å². The number of nitrogens with zero attached hydrogens (tertiary/aromatic N) is 1. The molecule has 0 aromatic heterocycles. The van der Waals surface area contributed by atoms with Crippen molar-refractivity contribution in [1.29, 1.82) is 0 Å². The Morgan fingerprint density at radius 1 is 1.40 bits per heavy atom. The molecule has 2 N–H and O–H groups in total. The number of rotatable bonds is 5. The molecule has 0 radical (unpaired) electrons. The Balaban J connectivity index is 2.27. The van der Waals surface area contributed by atoms with Crippen molar-refractivity contribution in [2.24, 2.45) is 11.7 Å². The van der Waals surface area contributed by atoms with Crippen LogP contribution in [0.5, 0.6) is 5.75 Å². The van der Waals surface area contributed by atoms with Crippen molar-refractivity contribution < 1.29 is 9.47 Å². The Morgan fingerprint density at radius 2 is 2.20 bits per heavy atom. The number of methoxy groups -OCH3 is 2.